The molecule has 0 radical (unpaired) electrons. The van der Waals surface area contributed by atoms with Crippen LogP contribution in [0.15, 0.2) is 66.7 Å². The number of aryl methyl sites for hydroxylation is 1. The Bertz CT molecular complexity index is 891. The number of methoxy groups -OCH3 is 1. The van der Waals surface area contributed by atoms with Crippen molar-refractivity contribution >= 4 is 16.7 Å². The number of hydrogen-bond acceptors (Lipinski definition) is 3. The highest BCUT2D eigenvalue weighted by molar-refractivity contribution is 5.83. The predicted octanol–water partition coefficient (Wildman–Crippen LogP) is 3.63. The number of carbonyl (C=O) groups excluding carboxylic acids is 1. The third-order valence-electron chi connectivity index (χ3n) is 4.45. The maximum Gasteiger partial charge on any atom is 0.220 e. The van der Waals surface area contributed by atoms with Gasteiger partial charge in [-0.3, -0.25) is 4.79 Å². The van der Waals surface area contributed by atoms with Gasteiger partial charge in [0.15, 0.2) is 0 Å². The van der Waals surface area contributed by atoms with E-state index in [4.69, 9.17) is 4.74 Å². The summed E-state index contributed by atoms with van der Waals surface area (Å²) in [6.07, 6.45) is 0.258. The lowest BCUT2D eigenvalue weighted by molar-refractivity contribution is -0.121. The lowest BCUT2D eigenvalue weighted by Gasteiger charge is -2.15. The summed E-state index contributed by atoms with van der Waals surface area (Å²) in [6.45, 7) is 0.164. The SMILES string of the molecule is COc1ccccc1C(O)CNC(=O)CCc1ccc2ccccc2c1. The molecule has 0 aliphatic heterocycles. The van der Waals surface area contributed by atoms with Crippen LogP contribution in [0.5, 0.6) is 5.75 Å². The molecule has 0 saturated heterocycles. The number of fused-ring (bicyclic) bond motifs is 1. The molecule has 26 heavy (non-hydrogen) atoms. The van der Waals surface area contributed by atoms with Crippen LogP contribution in [0.25, 0.3) is 10.8 Å². The minimum absolute atomic E-state index is 0.0768. The zero-order chi connectivity index (χ0) is 18.4. The lowest BCUT2D eigenvalue weighted by atomic mass is 10.0. The van der Waals surface area contributed by atoms with Crippen LogP contribution in [0.3, 0.4) is 0 Å². The fourth-order valence-electron chi connectivity index (χ4n) is 3.00. The molecule has 4 nitrogen and oxygen atoms in total. The number of nitrogens with one attached hydrogen (secondary N) is 1. The molecule has 0 heterocycles. The van der Waals surface area contributed by atoms with E-state index in [2.05, 4.69) is 35.6 Å². The van der Waals surface area contributed by atoms with Crippen LogP contribution in [0.2, 0.25) is 0 Å². The molecule has 3 aromatic carbocycles. The van der Waals surface area contributed by atoms with E-state index < -0.39 is 6.10 Å². The van der Waals surface area contributed by atoms with Gasteiger partial charge in [-0.05, 0) is 28.8 Å². The topological polar surface area (TPSA) is 58.6 Å². The first-order valence-electron chi connectivity index (χ1n) is 8.73. The van der Waals surface area contributed by atoms with E-state index in [0.717, 1.165) is 5.56 Å². The predicted molar refractivity (Wildman–Crippen MR) is 103 cm³/mol. The van der Waals surface area contributed by atoms with Crippen molar-refractivity contribution < 1.29 is 14.6 Å². The first-order chi connectivity index (χ1) is 12.7. The molecular formula is C22H23NO3. The van der Waals surface area contributed by atoms with Crippen LogP contribution >= 0.6 is 0 Å². The number of hydrogen-bond donors (Lipinski definition) is 2. The minimum Gasteiger partial charge on any atom is -0.496 e. The number of rotatable bonds is 7. The number of benzene rings is 3. The van der Waals surface area contributed by atoms with Gasteiger partial charge in [0, 0.05) is 18.5 Å². The Balaban J connectivity index is 1.52. The van der Waals surface area contributed by atoms with E-state index in [-0.39, 0.29) is 12.5 Å². The average molecular weight is 349 g/mol. The molecule has 134 valence electrons. The van der Waals surface area contributed by atoms with Crippen LogP contribution in [-0.4, -0.2) is 24.7 Å². The quantitative estimate of drug-likeness (QED) is 0.685. The van der Waals surface area contributed by atoms with Gasteiger partial charge in [-0.2, -0.15) is 0 Å². The maximum absolute atomic E-state index is 12.1. The van der Waals surface area contributed by atoms with E-state index in [1.807, 2.05) is 24.3 Å². The zero-order valence-electron chi connectivity index (χ0n) is 14.8. The zero-order valence-corrected chi connectivity index (χ0v) is 14.8. The van der Waals surface area contributed by atoms with Gasteiger partial charge in [0.25, 0.3) is 0 Å². The van der Waals surface area contributed by atoms with Gasteiger partial charge in [-0.15, -0.1) is 0 Å². The third kappa shape index (κ3) is 4.41. The fraction of sp³-hybridized carbons (Fsp3) is 0.227. The van der Waals surface area contributed by atoms with Gasteiger partial charge in [0.2, 0.25) is 5.91 Å². The first kappa shape index (κ1) is 18.0. The molecule has 2 N–H and O–H groups in total. The highest BCUT2D eigenvalue weighted by atomic mass is 16.5. The molecule has 0 bridgehead atoms. The van der Waals surface area contributed by atoms with E-state index in [9.17, 15) is 9.90 Å². The van der Waals surface area contributed by atoms with Crippen LogP contribution in [-0.2, 0) is 11.2 Å². The molecule has 0 aromatic heterocycles. The Morgan fingerprint density at radius 1 is 1.04 bits per heavy atom. The molecule has 0 aliphatic rings. The van der Waals surface area contributed by atoms with Crippen molar-refractivity contribution in [2.75, 3.05) is 13.7 Å². The van der Waals surface area contributed by atoms with Crippen molar-refractivity contribution in [2.45, 2.75) is 18.9 Å². The number of carbonyl (C=O) groups is 1. The number of ether oxygens (including phenoxy) is 1. The summed E-state index contributed by atoms with van der Waals surface area (Å²) >= 11 is 0. The highest BCUT2D eigenvalue weighted by Crippen LogP contribution is 2.24. The van der Waals surface area contributed by atoms with Crippen molar-refractivity contribution in [1.82, 2.24) is 5.32 Å². The second kappa shape index (κ2) is 8.50. The Kier molecular flexibility index (Phi) is 5.87. The summed E-state index contributed by atoms with van der Waals surface area (Å²) < 4.78 is 5.24. The molecule has 0 fully saturated rings. The van der Waals surface area contributed by atoms with Crippen LogP contribution in [0.4, 0.5) is 0 Å². The Hall–Kier alpha value is -2.85. The first-order valence-corrected chi connectivity index (χ1v) is 8.73. The Labute approximate surface area is 153 Å². The van der Waals surface area contributed by atoms with Crippen LogP contribution in [0.1, 0.15) is 23.7 Å². The number of para-hydroxylation sites is 1. The number of aliphatic hydroxyl groups is 1. The normalized spacial score (nSPS) is 11.9. The second-order valence-corrected chi connectivity index (χ2v) is 6.24. The van der Waals surface area contributed by atoms with Crippen molar-refractivity contribution in [1.29, 1.82) is 0 Å². The summed E-state index contributed by atoms with van der Waals surface area (Å²) in [6, 6.07) is 21.7. The molecule has 1 unspecified atom stereocenters. The van der Waals surface area contributed by atoms with Gasteiger partial charge in [0.05, 0.1) is 13.2 Å². The van der Waals surface area contributed by atoms with Crippen molar-refractivity contribution in [3.8, 4) is 5.75 Å². The molecule has 0 spiro atoms. The van der Waals surface area contributed by atoms with Crippen molar-refractivity contribution in [3.63, 3.8) is 0 Å². The maximum atomic E-state index is 12.1. The van der Waals surface area contributed by atoms with E-state index in [1.165, 1.54) is 10.8 Å². The average Bonchev–Trinajstić information content (AvgIpc) is 2.70. The van der Waals surface area contributed by atoms with Crippen LogP contribution in [0, 0.1) is 0 Å². The molecule has 1 amide bonds. The minimum atomic E-state index is -0.796. The molecule has 0 saturated carbocycles. The van der Waals surface area contributed by atoms with Gasteiger partial charge < -0.3 is 15.2 Å². The molecule has 4 heteroatoms. The highest BCUT2D eigenvalue weighted by Gasteiger charge is 2.13. The summed E-state index contributed by atoms with van der Waals surface area (Å²) in [5.74, 6) is 0.539. The van der Waals surface area contributed by atoms with Gasteiger partial charge in [-0.25, -0.2) is 0 Å². The van der Waals surface area contributed by atoms with E-state index >= 15 is 0 Å². The molecular weight excluding hydrogens is 326 g/mol. The standard InChI is InChI=1S/C22H23NO3/c1-26-21-9-5-4-8-19(21)20(24)15-23-22(25)13-11-16-10-12-17-6-2-3-7-18(17)14-16/h2-10,12,14,20,24H,11,13,15H2,1H3,(H,23,25). The van der Waals surface area contributed by atoms with Crippen molar-refractivity contribution in [2.24, 2.45) is 0 Å². The summed E-state index contributed by atoms with van der Waals surface area (Å²) in [7, 11) is 1.56. The Morgan fingerprint density at radius 2 is 1.77 bits per heavy atom. The van der Waals surface area contributed by atoms with Crippen LogP contribution < -0.4 is 10.1 Å². The Morgan fingerprint density at radius 3 is 2.58 bits per heavy atom. The van der Waals surface area contributed by atoms with E-state index in [0.29, 0.717) is 24.2 Å². The van der Waals surface area contributed by atoms with Gasteiger partial charge >= 0.3 is 0 Å². The molecule has 3 rings (SSSR count). The third-order valence-corrected chi connectivity index (χ3v) is 4.45. The second-order valence-electron chi connectivity index (χ2n) is 6.24. The molecule has 1 atom stereocenters. The smallest absolute Gasteiger partial charge is 0.220 e. The number of amides is 1. The summed E-state index contributed by atoms with van der Waals surface area (Å²) in [4.78, 5) is 12.1. The summed E-state index contributed by atoms with van der Waals surface area (Å²) in [5, 5.41) is 15.5. The van der Waals surface area contributed by atoms with Gasteiger partial charge in [-0.1, -0.05) is 60.7 Å². The summed E-state index contributed by atoms with van der Waals surface area (Å²) in [5.41, 5.74) is 1.80. The van der Waals surface area contributed by atoms with Gasteiger partial charge in [0.1, 0.15) is 5.75 Å². The lowest BCUT2D eigenvalue weighted by Crippen LogP contribution is -2.28. The van der Waals surface area contributed by atoms with Crippen molar-refractivity contribution in [3.05, 3.63) is 77.9 Å². The number of aliphatic hydroxyl groups excluding tert-OH is 1. The largest absolute Gasteiger partial charge is 0.496 e. The molecule has 3 aromatic rings. The van der Waals surface area contributed by atoms with E-state index in [1.54, 1.807) is 19.2 Å². The monoisotopic (exact) mass is 349 g/mol. The molecule has 0 aliphatic carbocycles. The fourth-order valence-corrected chi connectivity index (χ4v) is 3.00.